The van der Waals surface area contributed by atoms with Crippen LogP contribution in [0.1, 0.15) is 36.1 Å². The minimum absolute atomic E-state index is 0.00281. The zero-order valence-corrected chi connectivity index (χ0v) is 19.3. The molecule has 1 aliphatic rings. The van der Waals surface area contributed by atoms with Gasteiger partial charge in [-0.2, -0.15) is 13.2 Å². The molecule has 4 rings (SSSR count). The summed E-state index contributed by atoms with van der Waals surface area (Å²) < 4.78 is 46.7. The number of halogens is 3. The predicted molar refractivity (Wildman–Crippen MR) is 123 cm³/mol. The number of hydrogen-bond acceptors (Lipinski definition) is 6. The van der Waals surface area contributed by atoms with Crippen LogP contribution in [0.15, 0.2) is 39.7 Å². The molecule has 11 heteroatoms. The van der Waals surface area contributed by atoms with Crippen molar-refractivity contribution in [2.45, 2.75) is 38.4 Å². The van der Waals surface area contributed by atoms with E-state index in [4.69, 9.17) is 21.7 Å². The highest BCUT2D eigenvalue weighted by atomic mass is 32.1. The fourth-order valence-electron chi connectivity index (χ4n) is 3.50. The van der Waals surface area contributed by atoms with Gasteiger partial charge in [-0.15, -0.1) is 11.3 Å². The fraction of sp³-hybridized carbons (Fsp3) is 0.261. The van der Waals surface area contributed by atoms with Crippen LogP contribution in [0.2, 0.25) is 0 Å². The first-order chi connectivity index (χ1) is 16.1. The van der Waals surface area contributed by atoms with E-state index in [1.54, 1.807) is 28.9 Å². The number of carboxylic acid groups (broad SMARTS) is 1. The van der Waals surface area contributed by atoms with Gasteiger partial charge in [0.2, 0.25) is 5.88 Å². The lowest BCUT2D eigenvalue weighted by atomic mass is 10.2. The summed E-state index contributed by atoms with van der Waals surface area (Å²) in [6.07, 6.45) is 0.896. The molecule has 0 atom stereocenters. The lowest BCUT2D eigenvalue weighted by Crippen LogP contribution is -2.23. The Hall–Kier alpha value is -3.18. The van der Waals surface area contributed by atoms with Crippen molar-refractivity contribution in [3.63, 3.8) is 0 Å². The van der Waals surface area contributed by atoms with Crippen LogP contribution in [-0.2, 0) is 17.5 Å². The van der Waals surface area contributed by atoms with Crippen LogP contribution in [0.25, 0.3) is 17.8 Å². The van der Waals surface area contributed by atoms with Gasteiger partial charge < -0.3 is 14.6 Å². The van der Waals surface area contributed by atoms with E-state index in [0.717, 1.165) is 12.1 Å². The van der Waals surface area contributed by atoms with Gasteiger partial charge >= 0.3 is 12.1 Å². The van der Waals surface area contributed by atoms with Crippen molar-refractivity contribution < 1.29 is 32.6 Å². The fourth-order valence-corrected chi connectivity index (χ4v) is 4.80. The molecule has 2 aromatic heterocycles. The van der Waals surface area contributed by atoms with Gasteiger partial charge in [-0.1, -0.05) is 12.5 Å². The molecule has 0 fully saturated rings. The highest BCUT2D eigenvalue weighted by molar-refractivity contribution is 7.73. The third kappa shape index (κ3) is 5.31. The second-order valence-corrected chi connectivity index (χ2v) is 9.35. The number of rotatable bonds is 7. The second-order valence-electron chi connectivity index (χ2n) is 7.67. The molecule has 0 saturated heterocycles. The molecule has 34 heavy (non-hydrogen) atoms. The molecule has 0 saturated carbocycles. The maximum atomic E-state index is 13.0. The van der Waals surface area contributed by atoms with E-state index >= 15 is 0 Å². The molecule has 178 valence electrons. The monoisotopic (exact) mass is 508 g/mol. The first kappa shape index (κ1) is 24.0. The molecule has 0 spiro atoms. The van der Waals surface area contributed by atoms with E-state index in [9.17, 15) is 23.1 Å². The van der Waals surface area contributed by atoms with Gasteiger partial charge in [0, 0.05) is 24.3 Å². The van der Waals surface area contributed by atoms with E-state index in [0.29, 0.717) is 56.4 Å². The second kappa shape index (κ2) is 9.59. The maximum Gasteiger partial charge on any atom is 0.416 e. The van der Waals surface area contributed by atoms with Gasteiger partial charge in [-0.3, -0.25) is 9.36 Å². The minimum atomic E-state index is -4.44. The Morgan fingerprint density at radius 1 is 1.21 bits per heavy atom. The van der Waals surface area contributed by atoms with Crippen LogP contribution in [0.5, 0.6) is 5.88 Å². The molecular formula is C23H19F3N2O4S2. The number of aromatic hydroxyl groups is 1. The number of unbranched alkanes of at least 4 members (excludes halogenated alkanes) is 2. The number of aliphatic carboxylic acids is 1. The van der Waals surface area contributed by atoms with Crippen molar-refractivity contribution in [1.82, 2.24) is 4.57 Å². The molecule has 3 aromatic rings. The summed E-state index contributed by atoms with van der Waals surface area (Å²) in [4.78, 5) is 15.4. The predicted octanol–water partition coefficient (Wildman–Crippen LogP) is 3.29. The Labute approximate surface area is 199 Å². The van der Waals surface area contributed by atoms with Gasteiger partial charge in [0.05, 0.1) is 15.8 Å². The molecule has 0 amide bonds. The van der Waals surface area contributed by atoms with Crippen LogP contribution in [0, 0.1) is 3.95 Å². The van der Waals surface area contributed by atoms with Crippen molar-refractivity contribution in [2.75, 3.05) is 0 Å². The lowest BCUT2D eigenvalue weighted by Gasteiger charge is -2.04. The third-order valence-corrected chi connectivity index (χ3v) is 6.60. The number of hydrogen-bond donors (Lipinski definition) is 2. The van der Waals surface area contributed by atoms with Crippen molar-refractivity contribution in [3.8, 4) is 5.88 Å². The Morgan fingerprint density at radius 3 is 2.74 bits per heavy atom. The third-order valence-electron chi connectivity index (χ3n) is 5.21. The molecular weight excluding hydrogens is 489 g/mol. The number of alkyl halides is 3. The number of carboxylic acids is 1. The van der Waals surface area contributed by atoms with Gasteiger partial charge in [-0.05, 0) is 55.4 Å². The molecule has 1 aliphatic heterocycles. The first-order valence-corrected chi connectivity index (χ1v) is 11.6. The van der Waals surface area contributed by atoms with Crippen molar-refractivity contribution in [3.05, 3.63) is 66.1 Å². The number of fused-ring (bicyclic) bond motifs is 1. The quantitative estimate of drug-likeness (QED) is 0.378. The highest BCUT2D eigenvalue weighted by Crippen LogP contribution is 2.28. The van der Waals surface area contributed by atoms with Crippen molar-refractivity contribution >= 4 is 47.4 Å². The average molecular weight is 509 g/mol. The lowest BCUT2D eigenvalue weighted by molar-refractivity contribution is -0.138. The highest BCUT2D eigenvalue weighted by Gasteiger charge is 2.30. The molecule has 6 nitrogen and oxygen atoms in total. The number of aromatic nitrogens is 1. The summed E-state index contributed by atoms with van der Waals surface area (Å²) in [6, 6.07) is 6.73. The van der Waals surface area contributed by atoms with Gasteiger partial charge in [0.25, 0.3) is 0 Å². The normalized spacial score (nSPS) is 15.2. The molecule has 0 bridgehead atoms. The molecule has 0 aliphatic carbocycles. The van der Waals surface area contributed by atoms with Crippen LogP contribution in [-0.4, -0.2) is 20.7 Å². The summed E-state index contributed by atoms with van der Waals surface area (Å²) in [5, 5.41) is 20.1. The van der Waals surface area contributed by atoms with Crippen molar-refractivity contribution in [1.29, 1.82) is 0 Å². The van der Waals surface area contributed by atoms with Crippen molar-refractivity contribution in [2.24, 2.45) is 4.99 Å². The minimum Gasteiger partial charge on any atom is -0.493 e. The Morgan fingerprint density at radius 2 is 2.00 bits per heavy atom. The molecule has 1 aromatic carbocycles. The molecule has 0 radical (unpaired) electrons. The number of furan rings is 1. The zero-order valence-electron chi connectivity index (χ0n) is 17.6. The van der Waals surface area contributed by atoms with E-state index in [1.807, 2.05) is 0 Å². The van der Waals surface area contributed by atoms with Gasteiger partial charge in [-0.25, -0.2) is 4.99 Å². The van der Waals surface area contributed by atoms with Crippen LogP contribution in [0.4, 0.5) is 13.2 Å². The van der Waals surface area contributed by atoms with E-state index in [2.05, 4.69) is 4.99 Å². The van der Waals surface area contributed by atoms with E-state index in [1.165, 1.54) is 17.4 Å². The number of thiazole rings is 1. The summed E-state index contributed by atoms with van der Waals surface area (Å²) >= 11 is 6.55. The van der Waals surface area contributed by atoms with Crippen LogP contribution in [0.3, 0.4) is 0 Å². The average Bonchev–Trinajstić information content (AvgIpc) is 3.46. The molecule has 3 heterocycles. The number of nitrogens with zero attached hydrogens (tertiary/aromatic N) is 2. The Balaban J connectivity index is 1.58. The van der Waals surface area contributed by atoms with Gasteiger partial charge in [0.15, 0.2) is 9.37 Å². The van der Waals surface area contributed by atoms with Crippen LogP contribution < -0.4 is 21.4 Å². The van der Waals surface area contributed by atoms with Crippen LogP contribution >= 0.6 is 23.6 Å². The zero-order chi connectivity index (χ0) is 24.5. The summed E-state index contributed by atoms with van der Waals surface area (Å²) in [7, 11) is 0. The smallest absolute Gasteiger partial charge is 0.416 e. The number of carbonyl (C=O) groups is 1. The van der Waals surface area contributed by atoms with E-state index in [-0.39, 0.29) is 17.7 Å². The molecule has 2 N–H and O–H groups in total. The summed E-state index contributed by atoms with van der Waals surface area (Å²) in [5.41, 5.74) is 0.459. The largest absolute Gasteiger partial charge is 0.493 e. The topological polar surface area (TPSA) is 88.0 Å². The van der Waals surface area contributed by atoms with E-state index < -0.39 is 17.7 Å². The SMILES string of the molecule is O=C(O)CCCCCn1c(O)c(/C=c2\cc/c(=C3\C=c4ccc(C(F)(F)F)cc4=N3)o2)sc1=S. The summed E-state index contributed by atoms with van der Waals surface area (Å²) in [6.45, 7) is 0.474. The molecule has 0 unspecified atom stereocenters. The Bertz CT molecular complexity index is 1550. The standard InChI is InChI=1S/C23H19F3N2O4S2/c24-23(25,26)14-6-5-13-10-17(27-16(13)11-14)18-8-7-15(32-18)12-19-21(31)28(22(33)34-19)9-3-1-2-4-20(29)30/h5-8,10-12,31H,1-4,9H2,(H,29,30)/b15-12+,18-17-. The van der Waals surface area contributed by atoms with Gasteiger partial charge in [0.1, 0.15) is 11.1 Å². The number of benzene rings is 1. The Kier molecular flexibility index (Phi) is 6.76. The first-order valence-electron chi connectivity index (χ1n) is 10.4. The maximum absolute atomic E-state index is 13.0. The summed E-state index contributed by atoms with van der Waals surface area (Å²) in [5.74, 6) is -0.830.